The minimum absolute atomic E-state index is 0.107. The summed E-state index contributed by atoms with van der Waals surface area (Å²) in [5.41, 5.74) is -0.167. The van der Waals surface area contributed by atoms with Crippen molar-refractivity contribution < 1.29 is 22.8 Å². The second-order valence-corrected chi connectivity index (χ2v) is 4.79. The van der Waals surface area contributed by atoms with Crippen molar-refractivity contribution in [2.75, 3.05) is 10.6 Å². The number of halogens is 3. The number of carbonyl (C=O) groups is 2. The lowest BCUT2D eigenvalue weighted by atomic mass is 10.1. The van der Waals surface area contributed by atoms with Crippen LogP contribution >= 0.6 is 0 Å². The van der Waals surface area contributed by atoms with Crippen molar-refractivity contribution >= 4 is 23.2 Å². The van der Waals surface area contributed by atoms with Crippen molar-refractivity contribution in [3.8, 4) is 0 Å². The fourth-order valence-corrected chi connectivity index (χ4v) is 1.92. The van der Waals surface area contributed by atoms with Crippen LogP contribution in [0.5, 0.6) is 0 Å². The fraction of sp³-hybridized carbons (Fsp3) is 0.125. The number of hydrogen-bond donors (Lipinski definition) is 2. The molecule has 0 aliphatic carbocycles. The van der Waals surface area contributed by atoms with Gasteiger partial charge < -0.3 is 10.6 Å². The maximum atomic E-state index is 12.7. The van der Waals surface area contributed by atoms with Crippen LogP contribution in [0.1, 0.15) is 22.8 Å². The lowest BCUT2D eigenvalue weighted by Gasteiger charge is -2.10. The first-order valence-corrected chi connectivity index (χ1v) is 6.62. The van der Waals surface area contributed by atoms with Gasteiger partial charge in [0.25, 0.3) is 5.91 Å². The Morgan fingerprint density at radius 3 is 2.13 bits per heavy atom. The Balaban J connectivity index is 2.18. The summed E-state index contributed by atoms with van der Waals surface area (Å²) in [6.45, 7) is 1.34. The monoisotopic (exact) mass is 322 g/mol. The normalized spacial score (nSPS) is 11.0. The molecular weight excluding hydrogens is 309 g/mol. The van der Waals surface area contributed by atoms with Gasteiger partial charge in [-0.05, 0) is 36.4 Å². The molecule has 0 atom stereocenters. The molecule has 0 unspecified atom stereocenters. The molecule has 7 heteroatoms. The Kier molecular flexibility index (Phi) is 4.68. The van der Waals surface area contributed by atoms with Gasteiger partial charge in [-0.1, -0.05) is 12.1 Å². The van der Waals surface area contributed by atoms with Gasteiger partial charge in [-0.15, -0.1) is 0 Å². The SMILES string of the molecule is CC(=O)Nc1cccc(NC(=O)c2cccc(C(F)(F)F)c2)c1. The maximum absolute atomic E-state index is 12.7. The van der Waals surface area contributed by atoms with Gasteiger partial charge in [-0.25, -0.2) is 0 Å². The molecule has 2 amide bonds. The number of nitrogens with one attached hydrogen (secondary N) is 2. The van der Waals surface area contributed by atoms with Crippen LogP contribution in [-0.2, 0) is 11.0 Å². The van der Waals surface area contributed by atoms with E-state index in [2.05, 4.69) is 10.6 Å². The van der Waals surface area contributed by atoms with E-state index in [1.807, 2.05) is 0 Å². The molecule has 0 heterocycles. The van der Waals surface area contributed by atoms with E-state index < -0.39 is 17.6 Å². The fourth-order valence-electron chi connectivity index (χ4n) is 1.92. The van der Waals surface area contributed by atoms with Crippen LogP contribution in [0.25, 0.3) is 0 Å². The van der Waals surface area contributed by atoms with E-state index >= 15 is 0 Å². The summed E-state index contributed by atoms with van der Waals surface area (Å²) in [7, 11) is 0. The molecule has 0 bridgehead atoms. The number of anilines is 2. The number of carbonyl (C=O) groups excluding carboxylic acids is 2. The average molecular weight is 322 g/mol. The summed E-state index contributed by atoms with van der Waals surface area (Å²) in [5.74, 6) is -0.942. The largest absolute Gasteiger partial charge is 0.416 e. The number of rotatable bonds is 3. The molecule has 0 saturated carbocycles. The maximum Gasteiger partial charge on any atom is 0.416 e. The lowest BCUT2D eigenvalue weighted by molar-refractivity contribution is -0.137. The highest BCUT2D eigenvalue weighted by atomic mass is 19.4. The molecule has 2 rings (SSSR count). The highest BCUT2D eigenvalue weighted by Gasteiger charge is 2.30. The minimum Gasteiger partial charge on any atom is -0.326 e. The molecule has 0 radical (unpaired) electrons. The zero-order valence-electron chi connectivity index (χ0n) is 12.1. The van der Waals surface area contributed by atoms with Gasteiger partial charge >= 0.3 is 6.18 Å². The van der Waals surface area contributed by atoms with Gasteiger partial charge in [0, 0.05) is 23.9 Å². The Hall–Kier alpha value is -2.83. The van der Waals surface area contributed by atoms with E-state index in [0.29, 0.717) is 11.4 Å². The van der Waals surface area contributed by atoms with Crippen LogP contribution in [0.2, 0.25) is 0 Å². The summed E-state index contributed by atoms with van der Waals surface area (Å²) < 4.78 is 38.0. The van der Waals surface area contributed by atoms with Crippen LogP contribution < -0.4 is 10.6 Å². The van der Waals surface area contributed by atoms with Crippen LogP contribution in [-0.4, -0.2) is 11.8 Å². The standard InChI is InChI=1S/C16H13F3N2O2/c1-10(22)20-13-6-3-7-14(9-13)21-15(23)11-4-2-5-12(8-11)16(17,18)19/h2-9H,1H3,(H,20,22)(H,21,23). The van der Waals surface area contributed by atoms with E-state index in [1.54, 1.807) is 18.2 Å². The van der Waals surface area contributed by atoms with E-state index in [0.717, 1.165) is 12.1 Å². The molecule has 0 aromatic heterocycles. The second-order valence-electron chi connectivity index (χ2n) is 4.79. The van der Waals surface area contributed by atoms with E-state index in [9.17, 15) is 22.8 Å². The molecule has 4 nitrogen and oxygen atoms in total. The molecule has 0 spiro atoms. The zero-order chi connectivity index (χ0) is 17.0. The van der Waals surface area contributed by atoms with Gasteiger partial charge in [0.15, 0.2) is 0 Å². The van der Waals surface area contributed by atoms with Gasteiger partial charge in [-0.2, -0.15) is 13.2 Å². The van der Waals surface area contributed by atoms with Gasteiger partial charge in [0.1, 0.15) is 0 Å². The van der Waals surface area contributed by atoms with E-state index in [1.165, 1.54) is 25.1 Å². The molecule has 0 fully saturated rings. The van der Waals surface area contributed by atoms with Gasteiger partial charge in [0.05, 0.1) is 5.56 Å². The molecular formula is C16H13F3N2O2. The van der Waals surface area contributed by atoms with Crippen molar-refractivity contribution in [1.29, 1.82) is 0 Å². The Bertz CT molecular complexity index is 742. The molecule has 2 aromatic rings. The number of benzene rings is 2. The molecule has 2 aromatic carbocycles. The second kappa shape index (κ2) is 6.51. The average Bonchev–Trinajstić information content (AvgIpc) is 2.46. The predicted octanol–water partition coefficient (Wildman–Crippen LogP) is 3.92. The quantitative estimate of drug-likeness (QED) is 0.900. The summed E-state index contributed by atoms with van der Waals surface area (Å²) >= 11 is 0. The van der Waals surface area contributed by atoms with Crippen LogP contribution in [0, 0.1) is 0 Å². The van der Waals surface area contributed by atoms with Crippen molar-refractivity contribution in [2.24, 2.45) is 0 Å². The molecule has 0 saturated heterocycles. The molecule has 0 aliphatic heterocycles. The first kappa shape index (κ1) is 16.5. The zero-order valence-corrected chi connectivity index (χ0v) is 12.1. The number of hydrogen-bond acceptors (Lipinski definition) is 2. The summed E-state index contributed by atoms with van der Waals surface area (Å²) in [6, 6.07) is 10.5. The summed E-state index contributed by atoms with van der Waals surface area (Å²) in [6.07, 6.45) is -4.51. The topological polar surface area (TPSA) is 58.2 Å². The van der Waals surface area contributed by atoms with Crippen molar-refractivity contribution in [2.45, 2.75) is 13.1 Å². The lowest BCUT2D eigenvalue weighted by Crippen LogP contribution is -2.14. The summed E-state index contributed by atoms with van der Waals surface area (Å²) in [5, 5.41) is 5.04. The first-order chi connectivity index (χ1) is 10.8. The van der Waals surface area contributed by atoms with Crippen LogP contribution in [0.3, 0.4) is 0 Å². The molecule has 2 N–H and O–H groups in total. The van der Waals surface area contributed by atoms with Crippen molar-refractivity contribution in [1.82, 2.24) is 0 Å². The van der Waals surface area contributed by atoms with E-state index in [4.69, 9.17) is 0 Å². The van der Waals surface area contributed by atoms with Gasteiger partial charge in [-0.3, -0.25) is 9.59 Å². The third kappa shape index (κ3) is 4.57. The van der Waals surface area contributed by atoms with Crippen molar-refractivity contribution in [3.63, 3.8) is 0 Å². The molecule has 120 valence electrons. The van der Waals surface area contributed by atoms with E-state index in [-0.39, 0.29) is 11.5 Å². The Morgan fingerprint density at radius 1 is 0.913 bits per heavy atom. The highest BCUT2D eigenvalue weighted by Crippen LogP contribution is 2.29. The third-order valence-electron chi connectivity index (χ3n) is 2.89. The third-order valence-corrected chi connectivity index (χ3v) is 2.89. The highest BCUT2D eigenvalue weighted by molar-refractivity contribution is 6.04. The number of amides is 2. The Labute approximate surface area is 130 Å². The number of alkyl halides is 3. The minimum atomic E-state index is -4.51. The predicted molar refractivity (Wildman–Crippen MR) is 80.1 cm³/mol. The first-order valence-electron chi connectivity index (χ1n) is 6.62. The molecule has 0 aliphatic rings. The smallest absolute Gasteiger partial charge is 0.326 e. The molecule has 23 heavy (non-hydrogen) atoms. The summed E-state index contributed by atoms with van der Waals surface area (Å²) in [4.78, 5) is 23.1. The Morgan fingerprint density at radius 2 is 1.52 bits per heavy atom. The van der Waals surface area contributed by atoms with Crippen molar-refractivity contribution in [3.05, 3.63) is 59.7 Å². The van der Waals surface area contributed by atoms with Crippen LogP contribution in [0.4, 0.5) is 24.5 Å². The van der Waals surface area contributed by atoms with Gasteiger partial charge in [0.2, 0.25) is 5.91 Å². The van der Waals surface area contributed by atoms with Crippen LogP contribution in [0.15, 0.2) is 48.5 Å².